The summed E-state index contributed by atoms with van der Waals surface area (Å²) in [5.74, 6) is 0. The molecule has 0 aliphatic heterocycles. The Morgan fingerprint density at radius 2 is 0.506 bits per heavy atom. The number of fused-ring (bicyclic) bond motifs is 9. The summed E-state index contributed by atoms with van der Waals surface area (Å²) in [6.45, 7) is 14.3. The maximum absolute atomic E-state index is 2.47. The molecule has 0 aromatic heterocycles. The van der Waals surface area contributed by atoms with E-state index in [9.17, 15) is 0 Å². The fourth-order valence-electron chi connectivity index (χ4n) is 14.1. The van der Waals surface area contributed by atoms with Gasteiger partial charge in [0.25, 0.3) is 0 Å². The molecule has 3 aliphatic rings. The first kappa shape index (κ1) is 49.8. The first-order valence-electron chi connectivity index (χ1n) is 28.7. The third-order valence-electron chi connectivity index (χ3n) is 18.4. The Morgan fingerprint density at radius 1 is 0.266 bits per heavy atom. The van der Waals surface area contributed by atoms with Gasteiger partial charge < -0.3 is 9.80 Å². The van der Waals surface area contributed by atoms with Gasteiger partial charge in [0.2, 0.25) is 0 Å². The highest BCUT2D eigenvalue weighted by Crippen LogP contribution is 2.57. The molecule has 0 saturated heterocycles. The molecule has 0 fully saturated rings. The van der Waals surface area contributed by atoms with Gasteiger partial charge in [0, 0.05) is 50.4 Å². The lowest BCUT2D eigenvalue weighted by Gasteiger charge is -2.32. The zero-order valence-electron chi connectivity index (χ0n) is 46.5. The molecule has 10 aromatic carbocycles. The van der Waals surface area contributed by atoms with Crippen LogP contribution in [0.15, 0.2) is 231 Å². The van der Waals surface area contributed by atoms with Crippen molar-refractivity contribution >= 4 is 58.4 Å². The Labute approximate surface area is 468 Å². The predicted molar refractivity (Wildman–Crippen MR) is 338 cm³/mol. The zero-order chi connectivity index (χ0) is 53.9. The molecule has 0 unspecified atom stereocenters. The molecule has 10 aromatic rings. The average molecular weight is 1020 g/mol. The van der Waals surface area contributed by atoms with Crippen LogP contribution in [-0.2, 0) is 16.2 Å². The molecular formula is C77H68N2. The summed E-state index contributed by atoms with van der Waals surface area (Å²) in [5.41, 5.74) is 28.2. The molecule has 386 valence electrons. The first-order valence-corrected chi connectivity index (χ1v) is 28.7. The second-order valence-electron chi connectivity index (χ2n) is 22.6. The Morgan fingerprint density at radius 3 is 0.785 bits per heavy atom. The van der Waals surface area contributed by atoms with Crippen molar-refractivity contribution in [1.29, 1.82) is 0 Å². The predicted octanol–water partition coefficient (Wildman–Crippen LogP) is 21.4. The van der Waals surface area contributed by atoms with E-state index in [2.05, 4.69) is 306 Å². The maximum Gasteiger partial charge on any atom is 0.0465 e. The van der Waals surface area contributed by atoms with E-state index in [1.807, 2.05) is 0 Å². The minimum Gasteiger partial charge on any atom is -0.310 e. The minimum absolute atomic E-state index is 0.0782. The molecule has 0 amide bonds. The molecule has 3 aliphatic carbocycles. The van der Waals surface area contributed by atoms with Crippen molar-refractivity contribution in [1.82, 2.24) is 0 Å². The zero-order valence-corrected chi connectivity index (χ0v) is 46.5. The number of benzene rings is 10. The average Bonchev–Trinajstić information content (AvgIpc) is 4.27. The van der Waals surface area contributed by atoms with Gasteiger partial charge >= 0.3 is 0 Å². The minimum atomic E-state index is -0.147. The lowest BCUT2D eigenvalue weighted by Crippen LogP contribution is -2.23. The van der Waals surface area contributed by atoms with Gasteiger partial charge in [-0.1, -0.05) is 224 Å². The van der Waals surface area contributed by atoms with Crippen LogP contribution >= 0.6 is 0 Å². The van der Waals surface area contributed by atoms with Crippen LogP contribution in [0.5, 0.6) is 0 Å². The fourth-order valence-corrected chi connectivity index (χ4v) is 14.1. The normalized spacial score (nSPS) is 14.6. The third kappa shape index (κ3) is 8.22. The Kier molecular flexibility index (Phi) is 12.6. The number of para-hydroxylation sites is 4. The molecule has 0 N–H and O–H groups in total. The van der Waals surface area contributed by atoms with Gasteiger partial charge in [-0.05, 0) is 187 Å². The second kappa shape index (κ2) is 19.9. The number of hydrogen-bond acceptors (Lipinski definition) is 2. The van der Waals surface area contributed by atoms with E-state index in [1.54, 1.807) is 0 Å². The summed E-state index contributed by atoms with van der Waals surface area (Å²) in [6.07, 6.45) is 13.4. The van der Waals surface area contributed by atoms with E-state index in [0.29, 0.717) is 0 Å². The first-order chi connectivity index (χ1) is 38.7. The summed E-state index contributed by atoms with van der Waals surface area (Å²) >= 11 is 0. The molecule has 0 bridgehead atoms. The van der Waals surface area contributed by atoms with Gasteiger partial charge in [0.05, 0.1) is 0 Å². The monoisotopic (exact) mass is 1020 g/mol. The van der Waals surface area contributed by atoms with E-state index in [0.717, 1.165) is 48.4 Å². The van der Waals surface area contributed by atoms with Crippen molar-refractivity contribution < 1.29 is 0 Å². The van der Waals surface area contributed by atoms with Crippen molar-refractivity contribution in [2.24, 2.45) is 0 Å². The third-order valence-corrected chi connectivity index (χ3v) is 18.4. The van der Waals surface area contributed by atoms with Crippen LogP contribution < -0.4 is 9.80 Å². The highest BCUT2D eigenvalue weighted by Gasteiger charge is 2.43. The molecule has 79 heavy (non-hydrogen) atoms. The summed E-state index contributed by atoms with van der Waals surface area (Å²) in [5, 5.41) is 0. The van der Waals surface area contributed by atoms with Crippen molar-refractivity contribution in [2.75, 3.05) is 9.80 Å². The van der Waals surface area contributed by atoms with Gasteiger partial charge in [-0.2, -0.15) is 0 Å². The van der Waals surface area contributed by atoms with Crippen LogP contribution in [0.2, 0.25) is 0 Å². The highest BCUT2D eigenvalue weighted by atomic mass is 15.1. The van der Waals surface area contributed by atoms with E-state index in [-0.39, 0.29) is 16.2 Å². The highest BCUT2D eigenvalue weighted by molar-refractivity contribution is 5.90. The maximum atomic E-state index is 2.47. The summed E-state index contributed by atoms with van der Waals surface area (Å²) in [7, 11) is 0. The quantitative estimate of drug-likeness (QED) is 0.100. The van der Waals surface area contributed by atoms with Gasteiger partial charge in [0.1, 0.15) is 0 Å². The number of hydrogen-bond donors (Lipinski definition) is 0. The van der Waals surface area contributed by atoms with E-state index in [1.165, 1.54) is 100 Å². The Bertz CT molecular complexity index is 3630. The second-order valence-corrected chi connectivity index (χ2v) is 22.6. The summed E-state index contributed by atoms with van der Waals surface area (Å²) in [4.78, 5) is 4.78. The largest absolute Gasteiger partial charge is 0.310 e. The standard InChI is InChI=1S/C77H68N2/c1-7-76(8-2)71-49-55(37-43-65(71)67-45-39-61(51-73(67)76)78(57-23-15-11-16-24-57)58-25-17-12-18-26-58)33-31-53-35-41-63-64-42-36-54(48-70(64)75(5,6)69(63)47-53)32-34-56-38-44-66-68-46-40-62(52-74(68)77(9-3,10-4)72(66)50-56)79(59-27-19-13-20-28-59)60-29-21-14-22-30-60/h11-52H,7-10H2,1-6H3/b33-31+,34-32+. The van der Waals surface area contributed by atoms with Gasteiger partial charge in [-0.3, -0.25) is 0 Å². The van der Waals surface area contributed by atoms with Crippen LogP contribution in [-0.4, -0.2) is 0 Å². The Balaban J connectivity index is 0.753. The number of anilines is 6. The van der Waals surface area contributed by atoms with Crippen LogP contribution in [0.25, 0.3) is 57.7 Å². The van der Waals surface area contributed by atoms with Crippen LogP contribution in [0, 0.1) is 0 Å². The lowest BCUT2D eigenvalue weighted by atomic mass is 9.73. The smallest absolute Gasteiger partial charge is 0.0465 e. The number of nitrogens with zero attached hydrogens (tertiary/aromatic N) is 2. The molecule has 2 nitrogen and oxygen atoms in total. The molecule has 0 atom stereocenters. The molecule has 2 heteroatoms. The topological polar surface area (TPSA) is 6.48 Å². The molecule has 0 saturated carbocycles. The molecule has 0 spiro atoms. The number of rotatable bonds is 14. The summed E-state index contributed by atoms with van der Waals surface area (Å²) < 4.78 is 0. The van der Waals surface area contributed by atoms with Crippen molar-refractivity contribution in [3.05, 3.63) is 286 Å². The van der Waals surface area contributed by atoms with Crippen LogP contribution in [0.3, 0.4) is 0 Å². The summed E-state index contributed by atoms with van der Waals surface area (Å²) in [6, 6.07) is 85.8. The Hall–Kier alpha value is -8.72. The molecule has 13 rings (SSSR count). The van der Waals surface area contributed by atoms with E-state index in [4.69, 9.17) is 0 Å². The van der Waals surface area contributed by atoms with E-state index >= 15 is 0 Å². The molecule has 0 heterocycles. The molecular weight excluding hydrogens is 953 g/mol. The van der Waals surface area contributed by atoms with Crippen LogP contribution in [0.1, 0.15) is 123 Å². The lowest BCUT2D eigenvalue weighted by molar-refractivity contribution is 0.490. The molecule has 0 radical (unpaired) electrons. The van der Waals surface area contributed by atoms with Gasteiger partial charge in [-0.25, -0.2) is 0 Å². The fraction of sp³-hybridized carbons (Fsp3) is 0.169. The van der Waals surface area contributed by atoms with Crippen molar-refractivity contribution in [2.45, 2.75) is 83.5 Å². The van der Waals surface area contributed by atoms with Crippen molar-refractivity contribution in [3.8, 4) is 33.4 Å². The van der Waals surface area contributed by atoms with E-state index < -0.39 is 0 Å². The van der Waals surface area contributed by atoms with Gasteiger partial charge in [-0.15, -0.1) is 0 Å². The van der Waals surface area contributed by atoms with Crippen molar-refractivity contribution in [3.63, 3.8) is 0 Å². The van der Waals surface area contributed by atoms with Gasteiger partial charge in [0.15, 0.2) is 0 Å². The SMILES string of the molecule is CCC1(CC)c2cc(/C=C/c3ccc4c(c3)C(C)(C)c3cc(/C=C/c5ccc6c(c5)C(CC)(CC)c5cc(N(c7ccccc7)c7ccccc7)ccc5-6)ccc3-4)ccc2-c2ccc(N(c3ccccc3)c3ccccc3)cc21. The van der Waals surface area contributed by atoms with Crippen LogP contribution in [0.4, 0.5) is 34.1 Å².